The monoisotopic (exact) mass is 565 g/mol. The second kappa shape index (κ2) is 11.8. The van der Waals surface area contributed by atoms with Gasteiger partial charge in [0.2, 0.25) is 0 Å². The van der Waals surface area contributed by atoms with E-state index in [1.165, 1.54) is 29.2 Å². The van der Waals surface area contributed by atoms with Gasteiger partial charge in [-0.3, -0.25) is 9.69 Å². The molecule has 3 aromatic carbocycles. The maximum Gasteiger partial charge on any atom is 0.416 e. The summed E-state index contributed by atoms with van der Waals surface area (Å²) in [5, 5.41) is 4.14. The Hall–Kier alpha value is -3.10. The van der Waals surface area contributed by atoms with Gasteiger partial charge >= 0.3 is 6.18 Å². The fourth-order valence-corrected chi connectivity index (χ4v) is 6.41. The van der Waals surface area contributed by atoms with E-state index >= 15 is 0 Å². The number of nitrogens with zero attached hydrogens (tertiary/aromatic N) is 3. The van der Waals surface area contributed by atoms with Gasteiger partial charge in [-0.25, -0.2) is 0 Å². The van der Waals surface area contributed by atoms with Crippen LogP contribution in [0.4, 0.5) is 13.2 Å². The van der Waals surface area contributed by atoms with Crippen LogP contribution < -0.4 is 0 Å². The lowest BCUT2D eigenvalue weighted by Crippen LogP contribution is -2.34. The summed E-state index contributed by atoms with van der Waals surface area (Å²) in [6.45, 7) is 8.56. The van der Waals surface area contributed by atoms with Gasteiger partial charge in [0.15, 0.2) is 0 Å². The third kappa shape index (κ3) is 6.61. The number of Topliss-reactive ketones (excluding diaryl/α,β-unsaturated/α-hetero) is 1. The number of halogens is 3. The maximum atomic E-state index is 13.2. The minimum atomic E-state index is -4.38. The molecule has 0 amide bonds. The van der Waals surface area contributed by atoms with Gasteiger partial charge in [0.1, 0.15) is 11.3 Å². The Balaban J connectivity index is 1.46. The van der Waals surface area contributed by atoms with Crippen molar-refractivity contribution in [2.75, 3.05) is 13.1 Å². The van der Waals surface area contributed by atoms with Crippen LogP contribution in [-0.2, 0) is 17.5 Å². The Morgan fingerprint density at radius 2 is 1.82 bits per heavy atom. The zero-order valence-electron chi connectivity index (χ0n) is 23.0. The molecule has 5 rings (SSSR count). The van der Waals surface area contributed by atoms with Gasteiger partial charge in [0.25, 0.3) is 0 Å². The van der Waals surface area contributed by atoms with Crippen molar-refractivity contribution in [2.24, 2.45) is 5.92 Å². The van der Waals surface area contributed by atoms with Gasteiger partial charge in [-0.15, -0.1) is 5.10 Å². The van der Waals surface area contributed by atoms with Crippen molar-refractivity contribution in [3.05, 3.63) is 82.9 Å². The number of rotatable bonds is 8. The first-order valence-corrected chi connectivity index (χ1v) is 14.6. The first kappa shape index (κ1) is 28.4. The third-order valence-electron chi connectivity index (χ3n) is 7.82. The number of likely N-dealkylation sites (tertiary alicyclic amines) is 1. The zero-order chi connectivity index (χ0) is 28.4. The van der Waals surface area contributed by atoms with Gasteiger partial charge in [-0.1, -0.05) is 54.7 Å². The minimum Gasteiger partial charge on any atom is -0.299 e. The quantitative estimate of drug-likeness (QED) is 0.215. The molecule has 0 N–H and O–H groups in total. The normalized spacial score (nSPS) is 17.4. The number of hydrogen-bond acceptors (Lipinski definition) is 5. The average molecular weight is 566 g/mol. The molecule has 0 spiro atoms. The number of alkyl halides is 3. The molecule has 1 aromatic heterocycles. The summed E-state index contributed by atoms with van der Waals surface area (Å²) >= 11 is 1.40. The predicted octanol–water partition coefficient (Wildman–Crippen LogP) is 8.48. The van der Waals surface area contributed by atoms with E-state index in [2.05, 4.69) is 52.6 Å². The molecule has 1 saturated heterocycles. The molecular formula is C32H34F3N3OS. The van der Waals surface area contributed by atoms with E-state index in [0.717, 1.165) is 83.5 Å². The Labute approximate surface area is 237 Å². The minimum absolute atomic E-state index is 0.113. The first-order chi connectivity index (χ1) is 19.1. The molecule has 1 fully saturated rings. The standard InChI is InChI=1S/C32H34F3N3OS/c1-20(2)13-29(21(3)39)27-16-25(23-7-9-28(10-8-23)32(33,34)35)15-26(17-27)24-5-4-12-38(19-24)18-22-6-11-30-31(14-22)40-37-36-30/h6-11,14-17,20,24,29H,4-5,12-13,18-19H2,1-3H3. The molecule has 1 aliphatic rings. The van der Waals surface area contributed by atoms with Crippen LogP contribution in [0.1, 0.15) is 74.1 Å². The highest BCUT2D eigenvalue weighted by molar-refractivity contribution is 7.12. The van der Waals surface area contributed by atoms with Crippen molar-refractivity contribution in [3.63, 3.8) is 0 Å². The van der Waals surface area contributed by atoms with Crippen molar-refractivity contribution in [2.45, 2.75) is 64.6 Å². The van der Waals surface area contributed by atoms with Crippen LogP contribution in [-0.4, -0.2) is 33.4 Å². The fraction of sp³-hybridized carbons (Fsp3) is 0.406. The van der Waals surface area contributed by atoms with Gasteiger partial charge in [0, 0.05) is 19.0 Å². The van der Waals surface area contributed by atoms with Crippen molar-refractivity contribution in [3.8, 4) is 11.1 Å². The number of aromatic nitrogens is 2. The molecule has 0 radical (unpaired) electrons. The summed E-state index contributed by atoms with van der Waals surface area (Å²) in [6, 6.07) is 17.9. The highest BCUT2D eigenvalue weighted by atomic mass is 32.1. The Morgan fingerprint density at radius 1 is 1.05 bits per heavy atom. The molecule has 2 atom stereocenters. The van der Waals surface area contributed by atoms with Crippen LogP contribution >= 0.6 is 11.5 Å². The van der Waals surface area contributed by atoms with Gasteiger partial charge in [-0.05, 0) is 108 Å². The molecule has 0 bridgehead atoms. The van der Waals surface area contributed by atoms with Crippen LogP contribution in [0, 0.1) is 5.92 Å². The fourth-order valence-electron chi connectivity index (χ4n) is 5.79. The summed E-state index contributed by atoms with van der Waals surface area (Å²) in [4.78, 5) is 15.2. The summed E-state index contributed by atoms with van der Waals surface area (Å²) in [5.41, 5.74) is 5.16. The molecule has 2 unspecified atom stereocenters. The Morgan fingerprint density at radius 3 is 2.52 bits per heavy atom. The Bertz CT molecular complexity index is 1480. The highest BCUT2D eigenvalue weighted by Crippen LogP contribution is 2.37. The molecule has 4 aromatic rings. The lowest BCUT2D eigenvalue weighted by molar-refractivity contribution is -0.137. The van der Waals surface area contributed by atoms with Crippen LogP contribution in [0.15, 0.2) is 60.7 Å². The van der Waals surface area contributed by atoms with E-state index in [4.69, 9.17) is 0 Å². The van der Waals surface area contributed by atoms with E-state index in [9.17, 15) is 18.0 Å². The second-order valence-corrected chi connectivity index (χ2v) is 12.2. The van der Waals surface area contributed by atoms with Crippen LogP contribution in [0.5, 0.6) is 0 Å². The van der Waals surface area contributed by atoms with Gasteiger partial charge in [-0.2, -0.15) is 13.2 Å². The van der Waals surface area contributed by atoms with Gasteiger partial charge < -0.3 is 0 Å². The van der Waals surface area contributed by atoms with Crippen molar-refractivity contribution >= 4 is 27.5 Å². The number of piperidine rings is 1. The molecule has 4 nitrogen and oxygen atoms in total. The molecule has 2 heterocycles. The predicted molar refractivity (Wildman–Crippen MR) is 154 cm³/mol. The highest BCUT2D eigenvalue weighted by Gasteiger charge is 2.30. The maximum absolute atomic E-state index is 13.2. The van der Waals surface area contributed by atoms with E-state index in [1.807, 2.05) is 12.1 Å². The van der Waals surface area contributed by atoms with Crippen molar-refractivity contribution in [1.82, 2.24) is 14.5 Å². The smallest absolute Gasteiger partial charge is 0.299 e. The van der Waals surface area contributed by atoms with Crippen LogP contribution in [0.3, 0.4) is 0 Å². The lowest BCUT2D eigenvalue weighted by atomic mass is 9.82. The van der Waals surface area contributed by atoms with Crippen molar-refractivity contribution < 1.29 is 18.0 Å². The van der Waals surface area contributed by atoms with E-state index < -0.39 is 11.7 Å². The van der Waals surface area contributed by atoms with Crippen LogP contribution in [0.2, 0.25) is 0 Å². The number of benzene rings is 3. The second-order valence-electron chi connectivity index (χ2n) is 11.4. The summed E-state index contributed by atoms with van der Waals surface area (Å²) < 4.78 is 44.8. The third-order valence-corrected chi connectivity index (χ3v) is 8.51. The number of ketones is 1. The number of hydrogen-bond donors (Lipinski definition) is 0. The first-order valence-electron chi connectivity index (χ1n) is 13.8. The van der Waals surface area contributed by atoms with Gasteiger partial charge in [0.05, 0.1) is 10.3 Å². The lowest BCUT2D eigenvalue weighted by Gasteiger charge is -2.33. The summed E-state index contributed by atoms with van der Waals surface area (Å²) in [6.07, 6.45) is -1.57. The number of carbonyl (C=O) groups excluding carboxylic acids is 1. The molecule has 8 heteroatoms. The van der Waals surface area contributed by atoms with Crippen molar-refractivity contribution in [1.29, 1.82) is 0 Å². The molecule has 210 valence electrons. The van der Waals surface area contributed by atoms with Crippen LogP contribution in [0.25, 0.3) is 21.3 Å². The molecule has 40 heavy (non-hydrogen) atoms. The largest absolute Gasteiger partial charge is 0.416 e. The zero-order valence-corrected chi connectivity index (χ0v) is 23.9. The molecule has 0 aliphatic carbocycles. The number of carbonyl (C=O) groups is 1. The van der Waals surface area contributed by atoms with E-state index in [0.29, 0.717) is 5.92 Å². The van der Waals surface area contributed by atoms with E-state index in [-0.39, 0.29) is 17.6 Å². The molecular weight excluding hydrogens is 531 g/mol. The molecule has 0 saturated carbocycles. The number of fused-ring (bicyclic) bond motifs is 1. The average Bonchev–Trinajstić information content (AvgIpc) is 3.39. The Kier molecular flexibility index (Phi) is 8.38. The summed E-state index contributed by atoms with van der Waals surface area (Å²) in [7, 11) is 0. The SMILES string of the molecule is CC(=O)C(CC(C)C)c1cc(-c2ccc(C(F)(F)F)cc2)cc(C2CCCN(Cc3ccc4nnsc4c3)C2)c1. The topological polar surface area (TPSA) is 46.1 Å². The van der Waals surface area contributed by atoms with E-state index in [1.54, 1.807) is 6.92 Å². The molecule has 1 aliphatic heterocycles. The summed E-state index contributed by atoms with van der Waals surface area (Å²) in [5.74, 6) is 0.473.